The van der Waals surface area contributed by atoms with Gasteiger partial charge in [0.25, 0.3) is 0 Å². The molecule has 0 aromatic rings. The first kappa shape index (κ1) is 13.1. The van der Waals surface area contributed by atoms with E-state index in [4.69, 9.17) is 0 Å². The van der Waals surface area contributed by atoms with Crippen molar-refractivity contribution in [3.05, 3.63) is 0 Å². The average molecular weight is 694 g/mol. The van der Waals surface area contributed by atoms with E-state index in [9.17, 15) is 0 Å². The summed E-state index contributed by atoms with van der Waals surface area (Å²) >= 11 is 17.6. The van der Waals surface area contributed by atoms with Crippen molar-refractivity contribution in [2.45, 2.75) is 0 Å². The van der Waals surface area contributed by atoms with Crippen LogP contribution >= 0.6 is 3.15 Å². The minimum atomic E-state index is -0.498. The topological polar surface area (TPSA) is 0 Å². The molecule has 1 saturated heterocycles. The van der Waals surface area contributed by atoms with Crippen molar-refractivity contribution >= 4 is 115 Å². The van der Waals surface area contributed by atoms with Gasteiger partial charge in [-0.2, -0.15) is 0 Å². The quantitative estimate of drug-likeness (QED) is 0.219. The Kier molecular flexibility index (Phi) is 7.03. The molecule has 0 aromatic carbocycles. The summed E-state index contributed by atoms with van der Waals surface area (Å²) in [6.45, 7) is 0. The Balaban J connectivity index is 2.63. The maximum atomic E-state index is 3.43. The summed E-state index contributed by atoms with van der Waals surface area (Å²) in [5.41, 5.74) is 0. The van der Waals surface area contributed by atoms with Crippen LogP contribution in [0.1, 0.15) is 0 Å². The fourth-order valence-electron chi connectivity index (χ4n) is 0.188. The average Bonchev–Trinajstić information content (AvgIpc) is 1.79. The minimum absolute atomic E-state index is 0.498. The molecule has 0 saturated carbocycles. The van der Waals surface area contributed by atoms with Gasteiger partial charge >= 0.3 is 115 Å². The van der Waals surface area contributed by atoms with Crippen LogP contribution in [0.5, 0.6) is 0 Å². The van der Waals surface area contributed by atoms with Crippen molar-refractivity contribution in [3.63, 3.8) is 0 Å². The van der Waals surface area contributed by atoms with Crippen LogP contribution in [0.15, 0.2) is 0 Å². The molecule has 60 valence electrons. The predicted molar refractivity (Wildman–Crippen MR) is 59.9 cm³/mol. The zero-order chi connectivity index (χ0) is 7.83. The molecular weight excluding hydrogens is 694 g/mol. The van der Waals surface area contributed by atoms with Crippen LogP contribution in [0, 0.1) is 0 Å². The molecule has 0 atom stereocenters. The SMILES string of the molecule is [Se]=P1([Se-])[Se][Se]P(=[Se])([Se-])[Se][Se]1. The number of hydrogen-bond acceptors (Lipinski definition) is 0. The first-order valence-electron chi connectivity index (χ1n) is 1.79. The van der Waals surface area contributed by atoms with Crippen LogP contribution in [-0.2, 0) is 0 Å². The summed E-state index contributed by atoms with van der Waals surface area (Å²) in [6.07, 6.45) is 0. The predicted octanol–water partition coefficient (Wildman–Crippen LogP) is -1.32. The standard InChI is InChI=1S/H2P2Se8/c3-1(4)7-9-2(5,6)10-8-1/h(H,3,4)(H,5,6)/p-2. The molecule has 0 radical (unpaired) electrons. The van der Waals surface area contributed by atoms with Gasteiger partial charge in [-0.05, 0) is 0 Å². The summed E-state index contributed by atoms with van der Waals surface area (Å²) in [6, 6.07) is 0. The molecule has 0 nitrogen and oxygen atoms in total. The van der Waals surface area contributed by atoms with Gasteiger partial charge in [0.2, 0.25) is 0 Å². The van der Waals surface area contributed by atoms with E-state index >= 15 is 0 Å². The Morgan fingerprint density at radius 1 is 0.800 bits per heavy atom. The normalized spacial score (nSPS) is 49.0. The third-order valence-corrected chi connectivity index (χ3v) is 170. The Labute approximate surface area is 113 Å². The maximum absolute atomic E-state index is 3.43. The summed E-state index contributed by atoms with van der Waals surface area (Å²) in [7, 11) is 0. The van der Waals surface area contributed by atoms with E-state index in [0.29, 0.717) is 0 Å². The molecule has 0 N–H and O–H groups in total. The third kappa shape index (κ3) is 5.20. The van der Waals surface area contributed by atoms with Gasteiger partial charge in [0, 0.05) is 0 Å². The van der Waals surface area contributed by atoms with Crippen molar-refractivity contribution in [2.24, 2.45) is 0 Å². The van der Waals surface area contributed by atoms with E-state index in [2.05, 4.69) is 61.3 Å². The molecule has 0 unspecified atom stereocenters. The molecular formula is P2Se8-2. The van der Waals surface area contributed by atoms with Gasteiger partial charge in [0.05, 0.1) is 0 Å². The Morgan fingerprint density at radius 3 is 1.20 bits per heavy atom. The van der Waals surface area contributed by atoms with Gasteiger partial charge in [0.1, 0.15) is 0 Å². The van der Waals surface area contributed by atoms with E-state index < -0.39 is 3.15 Å². The van der Waals surface area contributed by atoms with Crippen LogP contribution in [0.2, 0.25) is 0 Å². The van der Waals surface area contributed by atoms with E-state index in [1.807, 2.05) is 0 Å². The fraction of sp³-hybridized carbons (Fsp3) is 0. The van der Waals surface area contributed by atoms with E-state index in [1.165, 1.54) is 0 Å². The molecule has 1 fully saturated rings. The molecule has 0 spiro atoms. The Morgan fingerprint density at radius 2 is 1.00 bits per heavy atom. The molecule has 0 aliphatic carbocycles. The molecule has 0 bridgehead atoms. The summed E-state index contributed by atoms with van der Waals surface area (Å²) in [5, 5.41) is 0. The van der Waals surface area contributed by atoms with Crippen molar-refractivity contribution in [1.82, 2.24) is 0 Å². The van der Waals surface area contributed by atoms with Crippen molar-refractivity contribution < 1.29 is 0 Å². The van der Waals surface area contributed by atoms with E-state index in [-0.39, 0.29) is 0 Å². The first-order chi connectivity index (χ1) is 4.41. The van der Waals surface area contributed by atoms with Crippen LogP contribution in [0.3, 0.4) is 0 Å². The van der Waals surface area contributed by atoms with Crippen LogP contribution < -0.4 is 0 Å². The molecule has 0 aromatic heterocycles. The van der Waals surface area contributed by atoms with Crippen LogP contribution in [0.4, 0.5) is 0 Å². The van der Waals surface area contributed by atoms with Crippen LogP contribution in [0.25, 0.3) is 0 Å². The summed E-state index contributed by atoms with van der Waals surface area (Å²) in [4.78, 5) is 0. The zero-order valence-electron chi connectivity index (χ0n) is 4.16. The Hall–Kier alpha value is 5.02. The van der Waals surface area contributed by atoms with Crippen molar-refractivity contribution in [1.29, 1.82) is 0 Å². The molecule has 1 aliphatic heterocycles. The second-order valence-corrected chi connectivity index (χ2v) is 96.6. The molecule has 0 amide bonds. The fourth-order valence-corrected chi connectivity index (χ4v) is 261. The molecule has 10 heteroatoms. The summed E-state index contributed by atoms with van der Waals surface area (Å²) < 4.78 is -0.996. The molecule has 1 heterocycles. The third-order valence-electron chi connectivity index (χ3n) is 0.432. The first-order valence-corrected chi connectivity index (χ1v) is 31.8. The second-order valence-electron chi connectivity index (χ2n) is 1.19. The van der Waals surface area contributed by atoms with Crippen LogP contribution in [-0.4, -0.2) is 112 Å². The van der Waals surface area contributed by atoms with E-state index in [0.717, 1.165) is 50.8 Å². The van der Waals surface area contributed by atoms with Crippen molar-refractivity contribution in [3.8, 4) is 0 Å². The Bertz CT molecular complexity index is 175. The molecule has 1 rings (SSSR count). The van der Waals surface area contributed by atoms with Gasteiger partial charge in [-0.15, -0.1) is 0 Å². The monoisotopic (exact) mass is 701 g/mol. The van der Waals surface area contributed by atoms with Gasteiger partial charge in [-0.1, -0.05) is 0 Å². The molecule has 1 aliphatic rings. The number of rotatable bonds is 0. The van der Waals surface area contributed by atoms with Gasteiger partial charge in [-0.25, -0.2) is 0 Å². The van der Waals surface area contributed by atoms with Gasteiger partial charge in [-0.3, -0.25) is 0 Å². The zero-order valence-corrected chi connectivity index (χ0v) is 19.7. The van der Waals surface area contributed by atoms with Gasteiger partial charge < -0.3 is 0 Å². The number of hydrogen-bond donors (Lipinski definition) is 0. The van der Waals surface area contributed by atoms with Crippen molar-refractivity contribution in [2.75, 3.05) is 0 Å². The van der Waals surface area contributed by atoms with Gasteiger partial charge in [0.15, 0.2) is 0 Å². The molecule has 10 heavy (non-hydrogen) atoms. The second kappa shape index (κ2) is 5.38. The van der Waals surface area contributed by atoms with E-state index in [1.54, 1.807) is 0 Å². The summed E-state index contributed by atoms with van der Waals surface area (Å²) in [5.74, 6) is 0.